The minimum absolute atomic E-state index is 0.0662. The summed E-state index contributed by atoms with van der Waals surface area (Å²) in [6, 6.07) is 8.06. The lowest BCUT2D eigenvalue weighted by molar-refractivity contribution is -0.129. The first-order chi connectivity index (χ1) is 8.11. The van der Waals surface area contributed by atoms with Gasteiger partial charge in [-0.3, -0.25) is 4.79 Å². The number of benzene rings is 1. The summed E-state index contributed by atoms with van der Waals surface area (Å²) >= 11 is 3.44. The summed E-state index contributed by atoms with van der Waals surface area (Å²) in [5.74, 6) is 0.230. The molecule has 1 N–H and O–H groups in total. The maximum atomic E-state index is 11.8. The summed E-state index contributed by atoms with van der Waals surface area (Å²) in [6.07, 6.45) is 0.467. The second-order valence-corrected chi connectivity index (χ2v) is 5.45. The van der Waals surface area contributed by atoms with Gasteiger partial charge in [0, 0.05) is 30.0 Å². The standard InChI is InChI=1S/C13H16BrNO2/c1-9(11-3-2-4-12(14)6-11)15-7-10(8-16)5-13(15)17/h2-4,6,9-10,16H,5,7-8H2,1H3. The Bertz CT molecular complexity index is 422. The second-order valence-electron chi connectivity index (χ2n) is 4.53. The lowest BCUT2D eigenvalue weighted by Crippen LogP contribution is -2.28. The van der Waals surface area contributed by atoms with Gasteiger partial charge >= 0.3 is 0 Å². The fourth-order valence-corrected chi connectivity index (χ4v) is 2.67. The Balaban J connectivity index is 2.15. The number of hydrogen-bond acceptors (Lipinski definition) is 2. The van der Waals surface area contributed by atoms with Crippen LogP contribution in [0.25, 0.3) is 0 Å². The number of hydrogen-bond donors (Lipinski definition) is 1. The Morgan fingerprint density at radius 1 is 1.59 bits per heavy atom. The van der Waals surface area contributed by atoms with Crippen molar-refractivity contribution < 1.29 is 9.90 Å². The van der Waals surface area contributed by atoms with E-state index in [4.69, 9.17) is 5.11 Å². The molecule has 3 nitrogen and oxygen atoms in total. The highest BCUT2D eigenvalue weighted by Gasteiger charge is 2.32. The van der Waals surface area contributed by atoms with Crippen LogP contribution in [-0.4, -0.2) is 29.1 Å². The molecule has 0 aliphatic carbocycles. The molecule has 0 saturated carbocycles. The van der Waals surface area contributed by atoms with Gasteiger partial charge in [0.15, 0.2) is 0 Å². The van der Waals surface area contributed by atoms with Gasteiger partial charge in [0.1, 0.15) is 0 Å². The van der Waals surface area contributed by atoms with E-state index in [2.05, 4.69) is 15.9 Å². The predicted molar refractivity (Wildman–Crippen MR) is 69.5 cm³/mol. The molecular formula is C13H16BrNO2. The molecular weight excluding hydrogens is 282 g/mol. The maximum absolute atomic E-state index is 11.8. The Morgan fingerprint density at radius 2 is 2.35 bits per heavy atom. The van der Waals surface area contributed by atoms with Crippen molar-refractivity contribution in [3.05, 3.63) is 34.3 Å². The summed E-state index contributed by atoms with van der Waals surface area (Å²) in [4.78, 5) is 13.7. The lowest BCUT2D eigenvalue weighted by atomic mass is 10.1. The Morgan fingerprint density at radius 3 is 2.94 bits per heavy atom. The van der Waals surface area contributed by atoms with Gasteiger partial charge in [-0.1, -0.05) is 28.1 Å². The van der Waals surface area contributed by atoms with Crippen molar-refractivity contribution in [3.8, 4) is 0 Å². The van der Waals surface area contributed by atoms with Gasteiger partial charge in [-0.05, 0) is 24.6 Å². The van der Waals surface area contributed by atoms with Crippen LogP contribution in [0.4, 0.5) is 0 Å². The van der Waals surface area contributed by atoms with Crippen LogP contribution in [-0.2, 0) is 4.79 Å². The first-order valence-electron chi connectivity index (χ1n) is 5.77. The summed E-state index contributed by atoms with van der Waals surface area (Å²) < 4.78 is 1.02. The summed E-state index contributed by atoms with van der Waals surface area (Å²) in [6.45, 7) is 2.77. The van der Waals surface area contributed by atoms with Gasteiger partial charge in [-0.2, -0.15) is 0 Å². The number of halogens is 1. The highest BCUT2D eigenvalue weighted by Crippen LogP contribution is 2.29. The number of carbonyl (C=O) groups is 1. The van der Waals surface area contributed by atoms with Crippen molar-refractivity contribution in [1.82, 2.24) is 4.90 Å². The van der Waals surface area contributed by atoms with Crippen molar-refractivity contribution in [2.75, 3.05) is 13.2 Å². The number of amides is 1. The van der Waals surface area contributed by atoms with Crippen LogP contribution in [0.2, 0.25) is 0 Å². The average molecular weight is 298 g/mol. The van der Waals surface area contributed by atoms with Crippen LogP contribution < -0.4 is 0 Å². The molecule has 1 fully saturated rings. The molecule has 1 amide bonds. The Hall–Kier alpha value is -0.870. The molecule has 1 aromatic rings. The first-order valence-corrected chi connectivity index (χ1v) is 6.57. The van der Waals surface area contributed by atoms with E-state index in [-0.39, 0.29) is 24.5 Å². The van der Waals surface area contributed by atoms with Gasteiger partial charge in [-0.15, -0.1) is 0 Å². The van der Waals surface area contributed by atoms with Crippen molar-refractivity contribution in [1.29, 1.82) is 0 Å². The van der Waals surface area contributed by atoms with Crippen LogP contribution >= 0.6 is 15.9 Å². The molecule has 1 aliphatic rings. The number of aliphatic hydroxyl groups is 1. The topological polar surface area (TPSA) is 40.5 Å². The molecule has 4 heteroatoms. The Kier molecular flexibility index (Phi) is 3.84. The second kappa shape index (κ2) is 5.19. The number of likely N-dealkylation sites (tertiary alicyclic amines) is 1. The Labute approximate surface area is 110 Å². The average Bonchev–Trinajstić information content (AvgIpc) is 2.69. The molecule has 2 rings (SSSR count). The van der Waals surface area contributed by atoms with Crippen LogP contribution in [0.15, 0.2) is 28.7 Å². The van der Waals surface area contributed by atoms with Gasteiger partial charge in [0.05, 0.1) is 6.04 Å². The van der Waals surface area contributed by atoms with Crippen LogP contribution in [0.5, 0.6) is 0 Å². The third-order valence-electron chi connectivity index (χ3n) is 3.30. The zero-order chi connectivity index (χ0) is 12.4. The molecule has 92 valence electrons. The zero-order valence-corrected chi connectivity index (χ0v) is 11.4. The van der Waals surface area contributed by atoms with Crippen molar-refractivity contribution in [2.45, 2.75) is 19.4 Å². The molecule has 0 aromatic heterocycles. The van der Waals surface area contributed by atoms with E-state index in [0.717, 1.165) is 10.0 Å². The maximum Gasteiger partial charge on any atom is 0.223 e. The van der Waals surface area contributed by atoms with E-state index in [9.17, 15) is 4.79 Å². The van der Waals surface area contributed by atoms with E-state index in [0.29, 0.717) is 13.0 Å². The third-order valence-corrected chi connectivity index (χ3v) is 3.79. The fraction of sp³-hybridized carbons (Fsp3) is 0.462. The smallest absolute Gasteiger partial charge is 0.223 e. The summed E-state index contributed by atoms with van der Waals surface area (Å²) in [5, 5.41) is 9.11. The quantitative estimate of drug-likeness (QED) is 0.930. The fourth-order valence-electron chi connectivity index (χ4n) is 2.25. The number of nitrogens with zero attached hydrogens (tertiary/aromatic N) is 1. The summed E-state index contributed by atoms with van der Waals surface area (Å²) in [7, 11) is 0. The van der Waals surface area contributed by atoms with Crippen molar-refractivity contribution in [2.24, 2.45) is 5.92 Å². The SMILES string of the molecule is CC(c1cccc(Br)c1)N1CC(CO)CC1=O. The normalized spacial score (nSPS) is 21.9. The monoisotopic (exact) mass is 297 g/mol. The molecule has 1 saturated heterocycles. The largest absolute Gasteiger partial charge is 0.396 e. The summed E-state index contributed by atoms with van der Waals surface area (Å²) in [5.41, 5.74) is 1.12. The number of aliphatic hydroxyl groups excluding tert-OH is 1. The van der Waals surface area contributed by atoms with E-state index in [1.807, 2.05) is 36.1 Å². The van der Waals surface area contributed by atoms with E-state index >= 15 is 0 Å². The first kappa shape index (κ1) is 12.6. The molecule has 1 heterocycles. The van der Waals surface area contributed by atoms with Gasteiger partial charge in [0.25, 0.3) is 0 Å². The molecule has 2 unspecified atom stereocenters. The molecule has 17 heavy (non-hydrogen) atoms. The molecule has 0 bridgehead atoms. The van der Waals surface area contributed by atoms with Gasteiger partial charge in [0.2, 0.25) is 5.91 Å². The predicted octanol–water partition coefficient (Wildman–Crippen LogP) is 2.35. The minimum Gasteiger partial charge on any atom is -0.396 e. The number of carbonyl (C=O) groups excluding carboxylic acids is 1. The molecule has 0 spiro atoms. The zero-order valence-electron chi connectivity index (χ0n) is 9.77. The molecule has 1 aliphatic heterocycles. The highest BCUT2D eigenvalue weighted by atomic mass is 79.9. The number of rotatable bonds is 3. The van der Waals surface area contributed by atoms with E-state index in [1.165, 1.54) is 0 Å². The van der Waals surface area contributed by atoms with Crippen molar-refractivity contribution >= 4 is 21.8 Å². The third kappa shape index (κ3) is 2.69. The highest BCUT2D eigenvalue weighted by molar-refractivity contribution is 9.10. The lowest BCUT2D eigenvalue weighted by Gasteiger charge is -2.25. The molecule has 0 radical (unpaired) electrons. The minimum atomic E-state index is 0.0662. The van der Waals surface area contributed by atoms with Crippen LogP contribution in [0.1, 0.15) is 24.9 Å². The van der Waals surface area contributed by atoms with Crippen molar-refractivity contribution in [3.63, 3.8) is 0 Å². The molecule has 1 aromatic carbocycles. The van der Waals surface area contributed by atoms with Crippen LogP contribution in [0.3, 0.4) is 0 Å². The van der Waals surface area contributed by atoms with E-state index < -0.39 is 0 Å². The van der Waals surface area contributed by atoms with E-state index in [1.54, 1.807) is 0 Å². The molecule has 2 atom stereocenters. The van der Waals surface area contributed by atoms with Gasteiger partial charge in [-0.25, -0.2) is 0 Å². The van der Waals surface area contributed by atoms with Gasteiger partial charge < -0.3 is 10.0 Å². The van der Waals surface area contributed by atoms with Crippen LogP contribution in [0, 0.1) is 5.92 Å².